The van der Waals surface area contributed by atoms with Gasteiger partial charge >= 0.3 is 0 Å². The summed E-state index contributed by atoms with van der Waals surface area (Å²) in [6.07, 6.45) is 1.15. The van der Waals surface area contributed by atoms with E-state index in [2.05, 4.69) is 20.2 Å². The van der Waals surface area contributed by atoms with Crippen LogP contribution in [-0.4, -0.2) is 49.7 Å². The highest BCUT2D eigenvalue weighted by molar-refractivity contribution is 14.0. The largest absolute Gasteiger partial charge is 0.384 e. The molecule has 1 aliphatic heterocycles. The van der Waals surface area contributed by atoms with Gasteiger partial charge in [0.05, 0.1) is 23.4 Å². The van der Waals surface area contributed by atoms with Crippen molar-refractivity contribution in [2.75, 3.05) is 33.9 Å². The molecule has 132 valence electrons. The van der Waals surface area contributed by atoms with Crippen LogP contribution in [0, 0.1) is 5.92 Å². The van der Waals surface area contributed by atoms with Crippen LogP contribution < -0.4 is 5.32 Å². The molecule has 8 heteroatoms. The molecular formula is C16H22ClIN4OS. The Bertz CT molecular complexity index is 708. The van der Waals surface area contributed by atoms with Gasteiger partial charge in [-0.25, -0.2) is 4.98 Å². The lowest BCUT2D eigenvalue weighted by molar-refractivity contribution is 0.157. The molecule has 3 rings (SSSR count). The number of fused-ring (bicyclic) bond motifs is 1. The molecule has 1 atom stereocenters. The van der Waals surface area contributed by atoms with Gasteiger partial charge in [-0.3, -0.25) is 4.99 Å². The Labute approximate surface area is 168 Å². The summed E-state index contributed by atoms with van der Waals surface area (Å²) < 4.78 is 6.41. The molecule has 1 N–H and O–H groups in total. The van der Waals surface area contributed by atoms with Crippen LogP contribution in [0.25, 0.3) is 10.2 Å². The van der Waals surface area contributed by atoms with Crippen LogP contribution in [0.4, 0.5) is 0 Å². The second-order valence-corrected chi connectivity index (χ2v) is 7.23. The van der Waals surface area contributed by atoms with E-state index in [1.807, 2.05) is 25.2 Å². The minimum Gasteiger partial charge on any atom is -0.384 e. The van der Waals surface area contributed by atoms with Gasteiger partial charge in [0.25, 0.3) is 0 Å². The Hall–Kier alpha value is -0.640. The first-order valence-electron chi connectivity index (χ1n) is 7.69. The van der Waals surface area contributed by atoms with E-state index in [-0.39, 0.29) is 24.0 Å². The van der Waals surface area contributed by atoms with Gasteiger partial charge in [-0.15, -0.1) is 35.3 Å². The number of aliphatic imine (C=N–C) groups is 1. The number of hydrogen-bond acceptors (Lipinski definition) is 4. The maximum Gasteiger partial charge on any atom is 0.194 e. The molecule has 0 saturated carbocycles. The van der Waals surface area contributed by atoms with E-state index in [0.29, 0.717) is 12.5 Å². The number of rotatable bonds is 4. The third-order valence-corrected chi connectivity index (χ3v) is 5.26. The topological polar surface area (TPSA) is 49.8 Å². The van der Waals surface area contributed by atoms with Gasteiger partial charge in [-0.1, -0.05) is 11.6 Å². The molecule has 0 radical (unpaired) electrons. The summed E-state index contributed by atoms with van der Waals surface area (Å²) in [4.78, 5) is 11.3. The van der Waals surface area contributed by atoms with Gasteiger partial charge in [-0.2, -0.15) is 0 Å². The Morgan fingerprint density at radius 3 is 3.12 bits per heavy atom. The molecule has 0 aliphatic carbocycles. The van der Waals surface area contributed by atoms with Crippen molar-refractivity contribution in [1.82, 2.24) is 15.2 Å². The lowest BCUT2D eigenvalue weighted by Crippen LogP contribution is -2.39. The molecule has 2 heterocycles. The van der Waals surface area contributed by atoms with Crippen LogP contribution in [-0.2, 0) is 11.3 Å². The minimum atomic E-state index is 0. The van der Waals surface area contributed by atoms with Crippen molar-refractivity contribution in [2.24, 2.45) is 10.9 Å². The lowest BCUT2D eigenvalue weighted by atomic mass is 10.1. The number of hydrogen-bond donors (Lipinski definition) is 1. The number of benzene rings is 1. The predicted molar refractivity (Wildman–Crippen MR) is 112 cm³/mol. The third-order valence-electron chi connectivity index (χ3n) is 3.99. The molecule has 1 fully saturated rings. The highest BCUT2D eigenvalue weighted by atomic mass is 127. The summed E-state index contributed by atoms with van der Waals surface area (Å²) in [6, 6.07) is 5.82. The van der Waals surface area contributed by atoms with Gasteiger partial charge in [0.2, 0.25) is 0 Å². The summed E-state index contributed by atoms with van der Waals surface area (Å²) >= 11 is 7.70. The van der Waals surface area contributed by atoms with Gasteiger partial charge in [0.15, 0.2) is 5.96 Å². The minimum absolute atomic E-state index is 0. The number of nitrogens with zero attached hydrogens (tertiary/aromatic N) is 3. The van der Waals surface area contributed by atoms with Gasteiger partial charge in [0.1, 0.15) is 5.01 Å². The van der Waals surface area contributed by atoms with E-state index in [9.17, 15) is 0 Å². The molecule has 5 nitrogen and oxygen atoms in total. The average molecular weight is 481 g/mol. The molecule has 1 unspecified atom stereocenters. The molecule has 2 aromatic rings. The van der Waals surface area contributed by atoms with Crippen LogP contribution in [0.15, 0.2) is 23.2 Å². The zero-order valence-corrected chi connectivity index (χ0v) is 17.7. The van der Waals surface area contributed by atoms with Crippen LogP contribution >= 0.6 is 46.9 Å². The maximum absolute atomic E-state index is 6.02. The summed E-state index contributed by atoms with van der Waals surface area (Å²) in [5.41, 5.74) is 0.954. The number of methoxy groups -OCH3 is 1. The quantitative estimate of drug-likeness (QED) is 0.413. The molecular weight excluding hydrogens is 459 g/mol. The first kappa shape index (κ1) is 19.7. The van der Waals surface area contributed by atoms with Crippen LogP contribution in [0.5, 0.6) is 0 Å². The number of likely N-dealkylation sites (tertiary alicyclic amines) is 1. The SMILES string of the molecule is CN=C(NCc1nc2cc(Cl)ccc2s1)N1CCC(COC)C1.I. The molecule has 24 heavy (non-hydrogen) atoms. The van der Waals surface area contributed by atoms with Crippen LogP contribution in [0.2, 0.25) is 5.02 Å². The summed E-state index contributed by atoms with van der Waals surface area (Å²) in [7, 11) is 3.58. The first-order valence-corrected chi connectivity index (χ1v) is 8.88. The Kier molecular flexibility index (Phi) is 7.52. The van der Waals surface area contributed by atoms with E-state index in [1.165, 1.54) is 0 Å². The van der Waals surface area contributed by atoms with E-state index >= 15 is 0 Å². The lowest BCUT2D eigenvalue weighted by Gasteiger charge is -2.21. The maximum atomic E-state index is 6.02. The first-order chi connectivity index (χ1) is 11.2. The van der Waals surface area contributed by atoms with E-state index < -0.39 is 0 Å². The smallest absolute Gasteiger partial charge is 0.194 e. The predicted octanol–water partition coefficient (Wildman–Crippen LogP) is 3.61. The Balaban J connectivity index is 0.00000208. The molecule has 0 bridgehead atoms. The monoisotopic (exact) mass is 480 g/mol. The molecule has 0 spiro atoms. The van der Waals surface area contributed by atoms with E-state index in [1.54, 1.807) is 18.4 Å². The highest BCUT2D eigenvalue weighted by Gasteiger charge is 2.24. The number of aromatic nitrogens is 1. The van der Waals surface area contributed by atoms with Crippen molar-refractivity contribution < 1.29 is 4.74 Å². The molecule has 1 aromatic heterocycles. The van der Waals surface area contributed by atoms with Crippen molar-refractivity contribution in [3.8, 4) is 0 Å². The summed E-state index contributed by atoms with van der Waals surface area (Å²) in [5.74, 6) is 1.52. The van der Waals surface area contributed by atoms with Gasteiger partial charge in [-0.05, 0) is 24.6 Å². The summed E-state index contributed by atoms with van der Waals surface area (Å²) in [5, 5.41) is 5.18. The number of nitrogens with one attached hydrogen (secondary N) is 1. The zero-order chi connectivity index (χ0) is 16.2. The van der Waals surface area contributed by atoms with E-state index in [0.717, 1.165) is 52.3 Å². The fourth-order valence-corrected chi connectivity index (χ4v) is 3.96. The average Bonchev–Trinajstić information content (AvgIpc) is 3.15. The van der Waals surface area contributed by atoms with Crippen LogP contribution in [0.1, 0.15) is 11.4 Å². The number of halogens is 2. The molecule has 1 aromatic carbocycles. The summed E-state index contributed by atoms with van der Waals surface area (Å²) in [6.45, 7) is 3.49. The van der Waals surface area contributed by atoms with Crippen molar-refractivity contribution in [3.63, 3.8) is 0 Å². The van der Waals surface area contributed by atoms with Crippen LogP contribution in [0.3, 0.4) is 0 Å². The van der Waals surface area contributed by atoms with Gasteiger partial charge in [0, 0.05) is 38.2 Å². The van der Waals surface area contributed by atoms with Gasteiger partial charge < -0.3 is 15.0 Å². The fourth-order valence-electron chi connectivity index (χ4n) is 2.91. The van der Waals surface area contributed by atoms with Crippen molar-refractivity contribution in [2.45, 2.75) is 13.0 Å². The molecule has 1 aliphatic rings. The zero-order valence-electron chi connectivity index (χ0n) is 13.8. The number of ether oxygens (including phenoxy) is 1. The number of thiazole rings is 1. The standard InChI is InChI=1S/C16H21ClN4OS.HI/c1-18-16(21-6-5-11(9-21)10-22-2)19-8-15-20-13-7-12(17)3-4-14(13)23-15;/h3-4,7,11H,5-6,8-10H2,1-2H3,(H,18,19);1H. The second kappa shape index (κ2) is 9.17. The molecule has 1 saturated heterocycles. The number of guanidine groups is 1. The van der Waals surface area contributed by atoms with Crippen molar-refractivity contribution in [1.29, 1.82) is 0 Å². The molecule has 0 amide bonds. The van der Waals surface area contributed by atoms with E-state index in [4.69, 9.17) is 16.3 Å². The Morgan fingerprint density at radius 2 is 2.38 bits per heavy atom. The third kappa shape index (κ3) is 4.71. The fraction of sp³-hybridized carbons (Fsp3) is 0.500. The van der Waals surface area contributed by atoms with Crippen molar-refractivity contribution >= 4 is 63.1 Å². The Morgan fingerprint density at radius 1 is 1.54 bits per heavy atom. The van der Waals surface area contributed by atoms with Crippen molar-refractivity contribution in [3.05, 3.63) is 28.2 Å². The highest BCUT2D eigenvalue weighted by Crippen LogP contribution is 2.25. The normalized spacial score (nSPS) is 18.0. The second-order valence-electron chi connectivity index (χ2n) is 5.68.